The Morgan fingerprint density at radius 3 is 1.79 bits per heavy atom. The maximum atomic E-state index is 12.0. The summed E-state index contributed by atoms with van der Waals surface area (Å²) < 4.78 is 16.0. The molecule has 0 aliphatic heterocycles. The van der Waals surface area contributed by atoms with Crippen molar-refractivity contribution < 1.29 is 28.9 Å². The Labute approximate surface area is 142 Å². The Bertz CT molecular complexity index is 586. The number of hydrogen-bond donors (Lipinski definition) is 1. The number of carbonyl (C=O) groups excluding carboxylic acids is 1. The van der Waals surface area contributed by atoms with E-state index in [-0.39, 0.29) is 18.8 Å². The van der Waals surface area contributed by atoms with Crippen LogP contribution in [0.1, 0.15) is 44.7 Å². The second kappa shape index (κ2) is 8.57. The second-order valence-corrected chi connectivity index (χ2v) is 6.41. The minimum absolute atomic E-state index is 0.0248. The number of benzene rings is 1. The number of carboxylic acid groups (broad SMARTS) is 1. The largest absolute Gasteiger partial charge is 0.496 e. The van der Waals surface area contributed by atoms with Gasteiger partial charge in [-0.05, 0) is 45.7 Å². The Kier molecular flexibility index (Phi) is 7.07. The number of carbonyl (C=O) groups is 2. The highest BCUT2D eigenvalue weighted by Gasteiger charge is 2.20. The minimum Gasteiger partial charge on any atom is -0.496 e. The van der Waals surface area contributed by atoms with Gasteiger partial charge in [0.05, 0.1) is 14.2 Å². The molecular formula is C18H26O6. The van der Waals surface area contributed by atoms with Crippen molar-refractivity contribution in [2.45, 2.75) is 52.1 Å². The monoisotopic (exact) mass is 338 g/mol. The van der Waals surface area contributed by atoms with Crippen LogP contribution in [0.15, 0.2) is 12.1 Å². The van der Waals surface area contributed by atoms with Gasteiger partial charge in [-0.25, -0.2) is 0 Å². The number of aliphatic carboxylic acids is 1. The van der Waals surface area contributed by atoms with Crippen LogP contribution >= 0.6 is 0 Å². The fraction of sp³-hybridized carbons (Fsp3) is 0.556. The zero-order valence-corrected chi connectivity index (χ0v) is 15.0. The van der Waals surface area contributed by atoms with Crippen molar-refractivity contribution in [3.8, 4) is 11.5 Å². The van der Waals surface area contributed by atoms with Crippen LogP contribution in [0.3, 0.4) is 0 Å². The molecule has 0 spiro atoms. The van der Waals surface area contributed by atoms with E-state index in [1.807, 2.05) is 20.8 Å². The number of rotatable bonds is 8. The summed E-state index contributed by atoms with van der Waals surface area (Å²) in [5.41, 5.74) is 0.994. The molecular weight excluding hydrogens is 312 g/mol. The van der Waals surface area contributed by atoms with Crippen molar-refractivity contribution in [1.29, 1.82) is 0 Å². The lowest BCUT2D eigenvalue weighted by atomic mass is 9.96. The molecule has 24 heavy (non-hydrogen) atoms. The SMILES string of the molecule is COc1ccc(OC)c(CCC(=O)OC(C)(C)C)c1CCC(=O)O. The lowest BCUT2D eigenvalue weighted by Gasteiger charge is -2.20. The molecule has 0 atom stereocenters. The Balaban J connectivity index is 3.04. The molecule has 1 aromatic carbocycles. The van der Waals surface area contributed by atoms with Crippen molar-refractivity contribution in [2.75, 3.05) is 14.2 Å². The van der Waals surface area contributed by atoms with Crippen LogP contribution in [-0.2, 0) is 27.2 Å². The van der Waals surface area contributed by atoms with Gasteiger partial charge in [-0.15, -0.1) is 0 Å². The molecule has 0 aromatic heterocycles. The number of hydrogen-bond acceptors (Lipinski definition) is 5. The number of esters is 1. The quantitative estimate of drug-likeness (QED) is 0.734. The van der Waals surface area contributed by atoms with E-state index >= 15 is 0 Å². The summed E-state index contributed by atoms with van der Waals surface area (Å²) in [7, 11) is 3.07. The number of carboxylic acids is 1. The Morgan fingerprint density at radius 1 is 0.958 bits per heavy atom. The van der Waals surface area contributed by atoms with Crippen LogP contribution in [0.25, 0.3) is 0 Å². The van der Waals surface area contributed by atoms with Crippen molar-refractivity contribution in [1.82, 2.24) is 0 Å². The Hall–Kier alpha value is -2.24. The van der Waals surface area contributed by atoms with Gasteiger partial charge in [-0.2, -0.15) is 0 Å². The topological polar surface area (TPSA) is 82.1 Å². The molecule has 1 aromatic rings. The van der Waals surface area contributed by atoms with E-state index in [1.165, 1.54) is 7.11 Å². The summed E-state index contributed by atoms with van der Waals surface area (Å²) in [6.07, 6.45) is 0.855. The van der Waals surface area contributed by atoms with E-state index in [9.17, 15) is 9.59 Å². The van der Waals surface area contributed by atoms with E-state index in [4.69, 9.17) is 19.3 Å². The highest BCUT2D eigenvalue weighted by atomic mass is 16.6. The van der Waals surface area contributed by atoms with Crippen LogP contribution in [0.5, 0.6) is 11.5 Å². The molecule has 0 saturated heterocycles. The summed E-state index contributed by atoms with van der Waals surface area (Å²) in [5, 5.41) is 8.96. The van der Waals surface area contributed by atoms with Gasteiger partial charge in [0.15, 0.2) is 0 Å². The average molecular weight is 338 g/mol. The first-order chi connectivity index (χ1) is 11.2. The molecule has 1 N–H and O–H groups in total. The lowest BCUT2D eigenvalue weighted by molar-refractivity contribution is -0.154. The number of methoxy groups -OCH3 is 2. The van der Waals surface area contributed by atoms with Gasteiger partial charge in [0.1, 0.15) is 17.1 Å². The van der Waals surface area contributed by atoms with E-state index in [0.29, 0.717) is 24.3 Å². The standard InChI is InChI=1S/C18H26O6/c1-18(2,3)24-17(21)11-7-13-12(6-10-16(19)20)14(22-4)8-9-15(13)23-5/h8-9H,6-7,10-11H2,1-5H3,(H,19,20). The third-order valence-electron chi connectivity index (χ3n) is 3.37. The molecule has 0 aliphatic carbocycles. The third-order valence-corrected chi connectivity index (χ3v) is 3.37. The molecule has 0 saturated carbocycles. The van der Waals surface area contributed by atoms with E-state index in [1.54, 1.807) is 19.2 Å². The lowest BCUT2D eigenvalue weighted by Crippen LogP contribution is -2.24. The van der Waals surface area contributed by atoms with Crippen molar-refractivity contribution in [3.05, 3.63) is 23.3 Å². The zero-order valence-electron chi connectivity index (χ0n) is 15.0. The van der Waals surface area contributed by atoms with Crippen LogP contribution in [-0.4, -0.2) is 36.9 Å². The molecule has 134 valence electrons. The summed E-state index contributed by atoms with van der Waals surface area (Å²) in [6, 6.07) is 3.50. The fourth-order valence-electron chi connectivity index (χ4n) is 2.43. The smallest absolute Gasteiger partial charge is 0.306 e. The van der Waals surface area contributed by atoms with E-state index in [0.717, 1.165) is 11.1 Å². The molecule has 0 unspecified atom stereocenters. The van der Waals surface area contributed by atoms with Crippen LogP contribution < -0.4 is 9.47 Å². The zero-order chi connectivity index (χ0) is 18.3. The predicted molar refractivity (Wildman–Crippen MR) is 89.7 cm³/mol. The normalized spacial score (nSPS) is 11.0. The van der Waals surface area contributed by atoms with Gasteiger partial charge >= 0.3 is 11.9 Å². The van der Waals surface area contributed by atoms with Gasteiger partial charge in [0, 0.05) is 24.0 Å². The molecule has 0 fully saturated rings. The number of ether oxygens (including phenoxy) is 3. The first-order valence-electron chi connectivity index (χ1n) is 7.84. The van der Waals surface area contributed by atoms with E-state index in [2.05, 4.69) is 0 Å². The van der Waals surface area contributed by atoms with Gasteiger partial charge in [-0.1, -0.05) is 0 Å². The first-order valence-corrected chi connectivity index (χ1v) is 7.84. The van der Waals surface area contributed by atoms with Gasteiger partial charge in [0.25, 0.3) is 0 Å². The summed E-state index contributed by atoms with van der Waals surface area (Å²) >= 11 is 0. The summed E-state index contributed by atoms with van der Waals surface area (Å²) in [5.74, 6) is 0.00510. The molecule has 1 rings (SSSR count). The van der Waals surface area contributed by atoms with Crippen LogP contribution in [0, 0.1) is 0 Å². The molecule has 6 nitrogen and oxygen atoms in total. The summed E-state index contributed by atoms with van der Waals surface area (Å²) in [4.78, 5) is 22.9. The average Bonchev–Trinajstić information content (AvgIpc) is 2.48. The highest BCUT2D eigenvalue weighted by Crippen LogP contribution is 2.32. The second-order valence-electron chi connectivity index (χ2n) is 6.41. The molecule has 0 aliphatic rings. The molecule has 0 radical (unpaired) electrons. The first kappa shape index (κ1) is 19.8. The molecule has 0 bridgehead atoms. The van der Waals surface area contributed by atoms with Crippen molar-refractivity contribution in [3.63, 3.8) is 0 Å². The van der Waals surface area contributed by atoms with Crippen LogP contribution in [0.2, 0.25) is 0 Å². The van der Waals surface area contributed by atoms with Gasteiger partial charge < -0.3 is 19.3 Å². The maximum absolute atomic E-state index is 12.0. The highest BCUT2D eigenvalue weighted by molar-refractivity contribution is 5.71. The molecule has 0 heterocycles. The van der Waals surface area contributed by atoms with Crippen molar-refractivity contribution >= 4 is 11.9 Å². The molecule has 6 heteroatoms. The minimum atomic E-state index is -0.891. The third kappa shape index (κ3) is 6.10. The fourth-order valence-corrected chi connectivity index (χ4v) is 2.43. The predicted octanol–water partition coefficient (Wildman–Crippen LogP) is 3.00. The molecule has 0 amide bonds. The maximum Gasteiger partial charge on any atom is 0.306 e. The van der Waals surface area contributed by atoms with Gasteiger partial charge in [-0.3, -0.25) is 9.59 Å². The van der Waals surface area contributed by atoms with Crippen LogP contribution in [0.4, 0.5) is 0 Å². The van der Waals surface area contributed by atoms with Gasteiger partial charge in [0.2, 0.25) is 0 Å². The Morgan fingerprint density at radius 2 is 1.42 bits per heavy atom. The summed E-state index contributed by atoms with van der Waals surface area (Å²) in [6.45, 7) is 5.44. The van der Waals surface area contributed by atoms with E-state index < -0.39 is 11.6 Å². The van der Waals surface area contributed by atoms with Crippen molar-refractivity contribution in [2.24, 2.45) is 0 Å².